The predicted molar refractivity (Wildman–Crippen MR) is 191 cm³/mol. The standard InChI is InChI=1S/C37H69N2O6P/c1-6-8-10-11-12-13-14-15-16-17-18-19-20-21-22-23-24-25-26-27-29-31-37(41)38-35(36(40)30-28-9-7-2)34-45-46(42,43)44-33-32-39(3,4)5/h8,10,12-13,15-16,18-19,35-36,40H,6-7,9,11,14,17,20-34H2,1-5H3,(H-,38,41,42,43)/b10-8-,13-12-,16-15-,19-18-. The maximum atomic E-state index is 12.6. The quantitative estimate of drug-likeness (QED) is 0.0333. The van der Waals surface area contributed by atoms with Gasteiger partial charge in [-0.2, -0.15) is 0 Å². The molecular formula is C37H69N2O6P. The molecule has 0 spiro atoms. The van der Waals surface area contributed by atoms with E-state index in [2.05, 4.69) is 67.8 Å². The van der Waals surface area contributed by atoms with E-state index in [9.17, 15) is 19.4 Å². The fourth-order valence-corrected chi connectivity index (χ4v) is 5.40. The molecule has 0 saturated carbocycles. The number of carbonyl (C=O) groups excluding carboxylic acids is 1. The number of unbranched alkanes of at least 4 members (excludes halogenated alkanes) is 10. The molecule has 268 valence electrons. The van der Waals surface area contributed by atoms with Crippen molar-refractivity contribution in [2.45, 2.75) is 142 Å². The van der Waals surface area contributed by atoms with Crippen LogP contribution < -0.4 is 10.2 Å². The van der Waals surface area contributed by atoms with E-state index in [1.54, 1.807) is 0 Å². The summed E-state index contributed by atoms with van der Waals surface area (Å²) in [6.45, 7) is 4.39. The summed E-state index contributed by atoms with van der Waals surface area (Å²) in [6, 6.07) is -0.801. The Morgan fingerprint density at radius 1 is 0.783 bits per heavy atom. The lowest BCUT2D eigenvalue weighted by molar-refractivity contribution is -0.870. The van der Waals surface area contributed by atoms with E-state index in [4.69, 9.17) is 9.05 Å². The van der Waals surface area contributed by atoms with Crippen molar-refractivity contribution in [3.8, 4) is 0 Å². The molecular weight excluding hydrogens is 599 g/mol. The normalized spacial score (nSPS) is 15.4. The van der Waals surface area contributed by atoms with Crippen LogP contribution in [0.15, 0.2) is 48.6 Å². The van der Waals surface area contributed by atoms with Crippen LogP contribution in [0.25, 0.3) is 0 Å². The fraction of sp³-hybridized carbons (Fsp3) is 0.757. The third-order valence-electron chi connectivity index (χ3n) is 7.58. The van der Waals surface area contributed by atoms with Crippen molar-refractivity contribution in [1.29, 1.82) is 0 Å². The molecule has 0 heterocycles. The lowest BCUT2D eigenvalue weighted by Gasteiger charge is -2.30. The molecule has 3 atom stereocenters. The monoisotopic (exact) mass is 668 g/mol. The third-order valence-corrected chi connectivity index (χ3v) is 8.55. The molecule has 0 rings (SSSR count). The first-order chi connectivity index (χ1) is 22.0. The number of hydrogen-bond acceptors (Lipinski definition) is 6. The SMILES string of the molecule is CC/C=C\C/C=C\C/C=C\C/C=C\CCCCCCCCCCC(=O)NC(COP(=O)([O-])OCC[N+](C)(C)C)C(O)CCCCC. The minimum Gasteiger partial charge on any atom is -0.756 e. The first kappa shape index (κ1) is 44.5. The van der Waals surface area contributed by atoms with Crippen molar-refractivity contribution in [3.63, 3.8) is 0 Å². The van der Waals surface area contributed by atoms with Gasteiger partial charge in [-0.3, -0.25) is 9.36 Å². The highest BCUT2D eigenvalue weighted by Gasteiger charge is 2.24. The van der Waals surface area contributed by atoms with Crippen molar-refractivity contribution < 1.29 is 32.9 Å². The van der Waals surface area contributed by atoms with Gasteiger partial charge in [0.15, 0.2) is 0 Å². The molecule has 0 aliphatic heterocycles. The maximum absolute atomic E-state index is 12.6. The number of likely N-dealkylation sites (N-methyl/N-ethyl adjacent to an activating group) is 1. The second kappa shape index (κ2) is 29.6. The molecule has 2 N–H and O–H groups in total. The van der Waals surface area contributed by atoms with Crippen LogP contribution in [0.2, 0.25) is 0 Å². The van der Waals surface area contributed by atoms with Crippen LogP contribution in [0.3, 0.4) is 0 Å². The van der Waals surface area contributed by atoms with E-state index in [1.165, 1.54) is 32.1 Å². The number of carbonyl (C=O) groups is 1. The fourth-order valence-electron chi connectivity index (χ4n) is 4.67. The zero-order valence-electron chi connectivity index (χ0n) is 30.0. The molecule has 0 aromatic rings. The van der Waals surface area contributed by atoms with Crippen molar-refractivity contribution in [2.24, 2.45) is 0 Å². The molecule has 0 bridgehead atoms. The number of amides is 1. The molecule has 0 fully saturated rings. The van der Waals surface area contributed by atoms with Gasteiger partial charge in [-0.15, -0.1) is 0 Å². The minimum atomic E-state index is -4.54. The summed E-state index contributed by atoms with van der Waals surface area (Å²) in [7, 11) is 1.28. The first-order valence-electron chi connectivity index (χ1n) is 18.0. The summed E-state index contributed by atoms with van der Waals surface area (Å²) in [4.78, 5) is 24.9. The average Bonchev–Trinajstić information content (AvgIpc) is 2.99. The summed E-state index contributed by atoms with van der Waals surface area (Å²) in [5.41, 5.74) is 0. The maximum Gasteiger partial charge on any atom is 0.268 e. The van der Waals surface area contributed by atoms with Crippen molar-refractivity contribution >= 4 is 13.7 Å². The number of allylic oxidation sites excluding steroid dienone is 8. The summed E-state index contributed by atoms with van der Waals surface area (Å²) >= 11 is 0. The molecule has 0 aromatic carbocycles. The molecule has 0 aliphatic carbocycles. The van der Waals surface area contributed by atoms with Gasteiger partial charge in [0.05, 0.1) is 39.9 Å². The second-order valence-electron chi connectivity index (χ2n) is 13.2. The lowest BCUT2D eigenvalue weighted by Crippen LogP contribution is -2.46. The number of aliphatic hydroxyl groups excluding tert-OH is 1. The van der Waals surface area contributed by atoms with Crippen LogP contribution in [-0.4, -0.2) is 68.5 Å². The van der Waals surface area contributed by atoms with E-state index in [1.807, 2.05) is 21.1 Å². The van der Waals surface area contributed by atoms with Crippen LogP contribution in [0.5, 0.6) is 0 Å². The Morgan fingerprint density at radius 2 is 1.33 bits per heavy atom. The summed E-state index contributed by atoms with van der Waals surface area (Å²) in [6.07, 6.45) is 34.8. The Kier molecular flexibility index (Phi) is 28.6. The molecule has 0 aliphatic rings. The third kappa shape index (κ3) is 31.1. The van der Waals surface area contributed by atoms with Gasteiger partial charge < -0.3 is 28.8 Å². The van der Waals surface area contributed by atoms with Crippen LogP contribution in [0.1, 0.15) is 129 Å². The molecule has 3 unspecified atom stereocenters. The number of aliphatic hydroxyl groups is 1. The number of quaternary nitrogens is 1. The largest absolute Gasteiger partial charge is 0.756 e. The number of hydrogen-bond donors (Lipinski definition) is 2. The van der Waals surface area contributed by atoms with E-state index in [0.29, 0.717) is 23.9 Å². The van der Waals surface area contributed by atoms with Gasteiger partial charge >= 0.3 is 0 Å². The van der Waals surface area contributed by atoms with Crippen LogP contribution >= 0.6 is 7.82 Å². The van der Waals surface area contributed by atoms with Gasteiger partial charge in [-0.25, -0.2) is 0 Å². The van der Waals surface area contributed by atoms with E-state index in [0.717, 1.165) is 70.6 Å². The Balaban J connectivity index is 4.10. The highest BCUT2D eigenvalue weighted by molar-refractivity contribution is 7.45. The number of nitrogens with zero attached hydrogens (tertiary/aromatic N) is 1. The predicted octanol–water partition coefficient (Wildman–Crippen LogP) is 8.33. The van der Waals surface area contributed by atoms with Crippen molar-refractivity contribution in [2.75, 3.05) is 40.9 Å². The zero-order chi connectivity index (χ0) is 34.4. The molecule has 8 nitrogen and oxygen atoms in total. The number of phosphoric acid groups is 1. The first-order valence-corrected chi connectivity index (χ1v) is 19.4. The van der Waals surface area contributed by atoms with Gasteiger partial charge in [-0.1, -0.05) is 120 Å². The smallest absolute Gasteiger partial charge is 0.268 e. The minimum absolute atomic E-state index is 0.00634. The number of nitrogens with one attached hydrogen (secondary N) is 1. The van der Waals surface area contributed by atoms with E-state index >= 15 is 0 Å². The highest BCUT2D eigenvalue weighted by atomic mass is 31.2. The number of phosphoric ester groups is 1. The Labute approximate surface area is 282 Å². The Bertz CT molecular complexity index is 897. The Morgan fingerprint density at radius 3 is 1.89 bits per heavy atom. The Hall–Kier alpha value is -1.54. The average molecular weight is 669 g/mol. The molecule has 46 heavy (non-hydrogen) atoms. The van der Waals surface area contributed by atoms with E-state index < -0.39 is 20.0 Å². The van der Waals surface area contributed by atoms with Gasteiger partial charge in [0.25, 0.3) is 7.82 Å². The molecule has 0 aromatic heterocycles. The van der Waals surface area contributed by atoms with Gasteiger partial charge in [0.1, 0.15) is 13.2 Å². The summed E-state index contributed by atoms with van der Waals surface area (Å²) in [5, 5.41) is 13.5. The summed E-state index contributed by atoms with van der Waals surface area (Å²) in [5.74, 6) is -0.189. The van der Waals surface area contributed by atoms with Crippen LogP contribution in [-0.2, 0) is 18.4 Å². The van der Waals surface area contributed by atoms with Crippen LogP contribution in [0, 0.1) is 0 Å². The highest BCUT2D eigenvalue weighted by Crippen LogP contribution is 2.38. The van der Waals surface area contributed by atoms with Gasteiger partial charge in [0, 0.05) is 6.42 Å². The number of rotatable bonds is 31. The van der Waals surface area contributed by atoms with E-state index in [-0.39, 0.29) is 19.1 Å². The molecule has 0 radical (unpaired) electrons. The lowest BCUT2D eigenvalue weighted by atomic mass is 10.0. The molecule has 9 heteroatoms. The summed E-state index contributed by atoms with van der Waals surface area (Å²) < 4.78 is 22.8. The van der Waals surface area contributed by atoms with Crippen LogP contribution in [0.4, 0.5) is 0 Å². The second-order valence-corrected chi connectivity index (χ2v) is 14.6. The van der Waals surface area contributed by atoms with Crippen molar-refractivity contribution in [3.05, 3.63) is 48.6 Å². The molecule has 1 amide bonds. The topological polar surface area (TPSA) is 108 Å². The van der Waals surface area contributed by atoms with Gasteiger partial charge in [-0.05, 0) is 51.4 Å². The van der Waals surface area contributed by atoms with Gasteiger partial charge in [0.2, 0.25) is 5.91 Å². The van der Waals surface area contributed by atoms with Crippen molar-refractivity contribution in [1.82, 2.24) is 5.32 Å². The molecule has 0 saturated heterocycles. The zero-order valence-corrected chi connectivity index (χ0v) is 30.9.